The first-order chi connectivity index (χ1) is 13.1. The van der Waals surface area contributed by atoms with E-state index in [9.17, 15) is 9.18 Å². The van der Waals surface area contributed by atoms with Gasteiger partial charge in [-0.1, -0.05) is 6.92 Å². The van der Waals surface area contributed by atoms with Crippen molar-refractivity contribution in [2.24, 2.45) is 0 Å². The maximum absolute atomic E-state index is 13.6. The van der Waals surface area contributed by atoms with Gasteiger partial charge in [-0.15, -0.1) is 0 Å². The van der Waals surface area contributed by atoms with Gasteiger partial charge in [0.2, 0.25) is 5.91 Å². The van der Waals surface area contributed by atoms with E-state index in [1.165, 1.54) is 6.92 Å². The van der Waals surface area contributed by atoms with E-state index in [4.69, 9.17) is 23.7 Å². The summed E-state index contributed by atoms with van der Waals surface area (Å²) in [6.45, 7) is 11.2. The van der Waals surface area contributed by atoms with Gasteiger partial charge in [-0.25, -0.2) is 4.39 Å². The second-order valence-electron chi connectivity index (χ2n) is 5.83. The van der Waals surface area contributed by atoms with Crippen LogP contribution < -0.4 is 10.6 Å². The van der Waals surface area contributed by atoms with Gasteiger partial charge in [0.05, 0.1) is 72.1 Å². The summed E-state index contributed by atoms with van der Waals surface area (Å²) in [5.41, 5.74) is 0. The average molecular weight is 397 g/mol. The fourth-order valence-electron chi connectivity index (χ4n) is 1.89. The largest absolute Gasteiger partial charge is 0.378 e. The first-order valence-electron chi connectivity index (χ1n) is 9.59. The molecule has 27 heavy (non-hydrogen) atoms. The number of alkyl halides is 1. The number of amides is 1. The Morgan fingerprint density at radius 3 is 1.85 bits per heavy atom. The zero-order valence-corrected chi connectivity index (χ0v) is 17.0. The predicted octanol–water partition coefficient (Wildman–Crippen LogP) is 0.542. The summed E-state index contributed by atoms with van der Waals surface area (Å²) in [6, 6.07) is 0. The van der Waals surface area contributed by atoms with Gasteiger partial charge in [-0.05, 0) is 13.5 Å². The fraction of sp³-hybridized carbons (Fsp3) is 0.944. The van der Waals surface area contributed by atoms with Crippen LogP contribution in [0.1, 0.15) is 20.8 Å². The molecule has 0 radical (unpaired) electrons. The van der Waals surface area contributed by atoms with Crippen molar-refractivity contribution in [2.45, 2.75) is 33.0 Å². The van der Waals surface area contributed by atoms with Crippen LogP contribution in [-0.2, 0) is 28.5 Å². The molecule has 0 heterocycles. The van der Waals surface area contributed by atoms with E-state index in [2.05, 4.69) is 17.6 Å². The number of hydrogen-bond donors (Lipinski definition) is 2. The molecule has 1 amide bonds. The molecule has 0 bridgehead atoms. The minimum atomic E-state index is -1.24. The number of halogens is 1. The molecule has 0 fully saturated rings. The van der Waals surface area contributed by atoms with Crippen molar-refractivity contribution in [1.29, 1.82) is 0 Å². The van der Waals surface area contributed by atoms with Gasteiger partial charge in [0.1, 0.15) is 6.17 Å². The lowest BCUT2D eigenvalue weighted by atomic mass is 10.2. The SMILES string of the molecule is CCNCCOCCOCCOCCOCCOC(C)C(F)CNC(C)=O. The summed E-state index contributed by atoms with van der Waals surface area (Å²) in [4.78, 5) is 10.7. The van der Waals surface area contributed by atoms with Gasteiger partial charge in [0.25, 0.3) is 0 Å². The molecule has 2 atom stereocenters. The number of carbonyl (C=O) groups excluding carboxylic acids is 1. The quantitative estimate of drug-likeness (QED) is 0.291. The third kappa shape index (κ3) is 19.7. The van der Waals surface area contributed by atoms with E-state index < -0.39 is 12.3 Å². The standard InChI is InChI=1S/C18H37FN2O6/c1-4-20-5-6-23-7-8-24-9-10-25-11-12-26-13-14-27-16(2)18(19)15-21-17(3)22/h16,18,20H,4-15H2,1-3H3,(H,21,22). The molecule has 0 aliphatic carbocycles. The van der Waals surface area contributed by atoms with Gasteiger partial charge in [-0.3, -0.25) is 4.79 Å². The molecule has 0 aromatic heterocycles. The highest BCUT2D eigenvalue weighted by Gasteiger charge is 2.16. The van der Waals surface area contributed by atoms with Crippen molar-refractivity contribution in [1.82, 2.24) is 10.6 Å². The maximum atomic E-state index is 13.6. The second-order valence-corrected chi connectivity index (χ2v) is 5.83. The molecule has 0 aliphatic rings. The highest BCUT2D eigenvalue weighted by Crippen LogP contribution is 2.02. The van der Waals surface area contributed by atoms with Crippen molar-refractivity contribution < 1.29 is 32.9 Å². The number of likely N-dealkylation sites (N-methyl/N-ethyl adjacent to an activating group) is 1. The number of hydrogen-bond acceptors (Lipinski definition) is 7. The topological polar surface area (TPSA) is 87.3 Å². The molecule has 0 spiro atoms. The van der Waals surface area contributed by atoms with Crippen molar-refractivity contribution in [3.8, 4) is 0 Å². The zero-order valence-electron chi connectivity index (χ0n) is 17.0. The van der Waals surface area contributed by atoms with E-state index in [1.54, 1.807) is 6.92 Å². The molecule has 2 unspecified atom stereocenters. The molecule has 9 heteroatoms. The Hall–Kier alpha value is -0.840. The predicted molar refractivity (Wildman–Crippen MR) is 101 cm³/mol. The molecule has 0 rings (SSSR count). The fourth-order valence-corrected chi connectivity index (χ4v) is 1.89. The number of carbonyl (C=O) groups is 1. The normalized spacial score (nSPS) is 13.5. The lowest BCUT2D eigenvalue weighted by Crippen LogP contribution is -2.35. The van der Waals surface area contributed by atoms with Crippen LogP contribution in [0, 0.1) is 0 Å². The Morgan fingerprint density at radius 2 is 1.37 bits per heavy atom. The van der Waals surface area contributed by atoms with Crippen LogP contribution in [0.15, 0.2) is 0 Å². The smallest absolute Gasteiger partial charge is 0.216 e. The molecule has 0 saturated heterocycles. The maximum Gasteiger partial charge on any atom is 0.216 e. The first-order valence-corrected chi connectivity index (χ1v) is 9.59. The van der Waals surface area contributed by atoms with Crippen LogP contribution in [0.5, 0.6) is 0 Å². The number of rotatable bonds is 20. The van der Waals surface area contributed by atoms with Crippen LogP contribution in [-0.4, -0.2) is 97.3 Å². The van der Waals surface area contributed by atoms with Gasteiger partial charge in [0.15, 0.2) is 0 Å². The van der Waals surface area contributed by atoms with E-state index in [-0.39, 0.29) is 12.5 Å². The van der Waals surface area contributed by atoms with Crippen LogP contribution in [0.3, 0.4) is 0 Å². The molecule has 0 saturated carbocycles. The minimum absolute atomic E-state index is 0.0462. The average Bonchev–Trinajstić information content (AvgIpc) is 2.65. The Morgan fingerprint density at radius 1 is 0.889 bits per heavy atom. The molecule has 0 aromatic rings. The van der Waals surface area contributed by atoms with Crippen molar-refractivity contribution in [2.75, 3.05) is 79.1 Å². The third-order valence-corrected chi connectivity index (χ3v) is 3.45. The summed E-state index contributed by atoms with van der Waals surface area (Å²) in [5, 5.41) is 5.60. The molecular weight excluding hydrogens is 359 g/mol. The number of ether oxygens (including phenoxy) is 5. The minimum Gasteiger partial charge on any atom is -0.378 e. The van der Waals surface area contributed by atoms with Crippen LogP contribution >= 0.6 is 0 Å². The van der Waals surface area contributed by atoms with E-state index in [1.807, 2.05) is 0 Å². The van der Waals surface area contributed by atoms with Gasteiger partial charge in [-0.2, -0.15) is 0 Å². The Balaban J connectivity index is 3.21. The summed E-state index contributed by atoms with van der Waals surface area (Å²) < 4.78 is 40.4. The van der Waals surface area contributed by atoms with Crippen LogP contribution in [0.2, 0.25) is 0 Å². The Labute approximate surface area is 162 Å². The highest BCUT2D eigenvalue weighted by atomic mass is 19.1. The third-order valence-electron chi connectivity index (χ3n) is 3.45. The zero-order chi connectivity index (χ0) is 20.2. The van der Waals surface area contributed by atoms with Crippen molar-refractivity contribution in [3.63, 3.8) is 0 Å². The summed E-state index contributed by atoms with van der Waals surface area (Å²) in [5.74, 6) is -0.258. The Kier molecular flexibility index (Phi) is 19.3. The lowest BCUT2D eigenvalue weighted by Gasteiger charge is -2.17. The van der Waals surface area contributed by atoms with Crippen LogP contribution in [0.25, 0.3) is 0 Å². The van der Waals surface area contributed by atoms with Crippen molar-refractivity contribution in [3.05, 3.63) is 0 Å². The monoisotopic (exact) mass is 396 g/mol. The van der Waals surface area contributed by atoms with Gasteiger partial charge >= 0.3 is 0 Å². The highest BCUT2D eigenvalue weighted by molar-refractivity contribution is 5.72. The lowest BCUT2D eigenvalue weighted by molar-refractivity contribution is -0.119. The van der Waals surface area contributed by atoms with Crippen LogP contribution in [0.4, 0.5) is 4.39 Å². The first kappa shape index (κ1) is 26.2. The summed E-state index contributed by atoms with van der Waals surface area (Å²) in [6.07, 6.45) is -1.84. The summed E-state index contributed by atoms with van der Waals surface area (Å²) >= 11 is 0. The van der Waals surface area contributed by atoms with Gasteiger partial charge < -0.3 is 34.3 Å². The molecule has 0 aliphatic heterocycles. The molecule has 8 nitrogen and oxygen atoms in total. The van der Waals surface area contributed by atoms with E-state index in [0.29, 0.717) is 59.5 Å². The summed E-state index contributed by atoms with van der Waals surface area (Å²) in [7, 11) is 0. The molecule has 0 aromatic carbocycles. The van der Waals surface area contributed by atoms with Gasteiger partial charge in [0, 0.05) is 13.5 Å². The molecule has 162 valence electrons. The Bertz CT molecular complexity index is 339. The molecular formula is C18H37FN2O6. The number of nitrogens with one attached hydrogen (secondary N) is 2. The van der Waals surface area contributed by atoms with Crippen molar-refractivity contribution >= 4 is 5.91 Å². The second kappa shape index (κ2) is 19.9. The molecule has 2 N–H and O–H groups in total. The van der Waals surface area contributed by atoms with E-state index in [0.717, 1.165) is 13.1 Å². The van der Waals surface area contributed by atoms with E-state index >= 15 is 0 Å².